The topological polar surface area (TPSA) is 69.6 Å². The molecule has 0 spiro atoms. The summed E-state index contributed by atoms with van der Waals surface area (Å²) in [6.45, 7) is 2.45. The van der Waals surface area contributed by atoms with E-state index in [9.17, 15) is 9.59 Å². The number of hydrogen-bond donors (Lipinski definition) is 2. The van der Waals surface area contributed by atoms with Crippen molar-refractivity contribution in [3.8, 4) is 0 Å². The first-order valence-electron chi connectivity index (χ1n) is 6.01. The summed E-state index contributed by atoms with van der Waals surface area (Å²) in [5.74, 6) is -0.505. The maximum Gasteiger partial charge on any atom is 0.251 e. The molecule has 19 heavy (non-hydrogen) atoms. The highest BCUT2D eigenvalue weighted by Gasteiger charge is 2.13. The van der Waals surface area contributed by atoms with E-state index in [0.29, 0.717) is 12.1 Å². The predicted octanol–water partition coefficient (Wildman–Crippen LogP) is 1.02. The maximum atomic E-state index is 11.8. The van der Waals surface area contributed by atoms with Crippen molar-refractivity contribution in [3.05, 3.63) is 34.3 Å². The number of carbonyl (C=O) groups excluding carboxylic acids is 2. The second kappa shape index (κ2) is 7.91. The standard InChI is InChI=1S/C13H17BrN2O3/c1-2-16(6-7-17)12(18)9-15-13(19)10-4-3-5-11(14)8-10/h3-5,8,17H,2,6-7,9H2,1H3,(H,15,19). The Hall–Kier alpha value is -1.40. The third kappa shape index (κ3) is 5.00. The molecule has 0 saturated heterocycles. The van der Waals surface area contributed by atoms with Crippen LogP contribution in [0.15, 0.2) is 28.7 Å². The zero-order valence-electron chi connectivity index (χ0n) is 10.7. The van der Waals surface area contributed by atoms with Crippen molar-refractivity contribution in [2.24, 2.45) is 0 Å². The van der Waals surface area contributed by atoms with Gasteiger partial charge in [-0.1, -0.05) is 22.0 Å². The van der Waals surface area contributed by atoms with Crippen LogP contribution in [0.2, 0.25) is 0 Å². The minimum Gasteiger partial charge on any atom is -0.395 e. The fraction of sp³-hybridized carbons (Fsp3) is 0.385. The number of hydrogen-bond acceptors (Lipinski definition) is 3. The number of aliphatic hydroxyl groups is 1. The quantitative estimate of drug-likeness (QED) is 0.819. The van der Waals surface area contributed by atoms with E-state index < -0.39 is 0 Å². The Morgan fingerprint density at radius 1 is 1.42 bits per heavy atom. The fourth-order valence-electron chi connectivity index (χ4n) is 1.58. The first kappa shape index (κ1) is 15.7. The number of aliphatic hydroxyl groups excluding tert-OH is 1. The molecule has 2 N–H and O–H groups in total. The Balaban J connectivity index is 2.52. The number of likely N-dealkylation sites (N-methyl/N-ethyl adjacent to an activating group) is 1. The molecule has 104 valence electrons. The Labute approximate surface area is 120 Å². The van der Waals surface area contributed by atoms with Gasteiger partial charge in [0.1, 0.15) is 0 Å². The van der Waals surface area contributed by atoms with Crippen LogP contribution in [0.4, 0.5) is 0 Å². The molecule has 0 bridgehead atoms. The van der Waals surface area contributed by atoms with E-state index in [0.717, 1.165) is 4.47 Å². The minimum absolute atomic E-state index is 0.0703. The van der Waals surface area contributed by atoms with E-state index in [1.807, 2.05) is 13.0 Å². The molecule has 0 unspecified atom stereocenters. The molecule has 1 aromatic rings. The third-order valence-corrected chi connectivity index (χ3v) is 3.08. The van der Waals surface area contributed by atoms with Crippen molar-refractivity contribution < 1.29 is 14.7 Å². The summed E-state index contributed by atoms with van der Waals surface area (Å²) in [5, 5.41) is 11.4. The Kier molecular flexibility index (Phi) is 6.52. The lowest BCUT2D eigenvalue weighted by atomic mass is 10.2. The van der Waals surface area contributed by atoms with Crippen LogP contribution in [-0.4, -0.2) is 48.1 Å². The molecular formula is C13H17BrN2O3. The smallest absolute Gasteiger partial charge is 0.251 e. The zero-order chi connectivity index (χ0) is 14.3. The molecule has 0 aliphatic carbocycles. The Bertz CT molecular complexity index is 451. The molecule has 0 atom stereocenters. The largest absolute Gasteiger partial charge is 0.395 e. The Morgan fingerprint density at radius 3 is 2.74 bits per heavy atom. The molecule has 0 aliphatic rings. The predicted molar refractivity (Wildman–Crippen MR) is 75.8 cm³/mol. The highest BCUT2D eigenvalue weighted by atomic mass is 79.9. The number of amides is 2. The molecule has 0 aromatic heterocycles. The van der Waals surface area contributed by atoms with Gasteiger partial charge >= 0.3 is 0 Å². The molecule has 0 radical (unpaired) electrons. The molecule has 2 amide bonds. The van der Waals surface area contributed by atoms with Gasteiger partial charge in [0.2, 0.25) is 5.91 Å². The summed E-state index contributed by atoms with van der Waals surface area (Å²) < 4.78 is 0.807. The first-order valence-corrected chi connectivity index (χ1v) is 6.80. The van der Waals surface area contributed by atoms with Crippen LogP contribution < -0.4 is 5.32 Å². The van der Waals surface area contributed by atoms with E-state index in [1.54, 1.807) is 18.2 Å². The monoisotopic (exact) mass is 328 g/mol. The van der Waals surface area contributed by atoms with Crippen molar-refractivity contribution in [3.63, 3.8) is 0 Å². The second-order valence-corrected chi connectivity index (χ2v) is 4.81. The number of halogens is 1. The van der Waals surface area contributed by atoms with Crippen LogP contribution in [0.5, 0.6) is 0 Å². The molecule has 1 rings (SSSR count). The average Bonchev–Trinajstić information content (AvgIpc) is 2.41. The lowest BCUT2D eigenvalue weighted by Crippen LogP contribution is -2.41. The summed E-state index contributed by atoms with van der Waals surface area (Å²) >= 11 is 3.28. The van der Waals surface area contributed by atoms with Crippen LogP contribution in [0.1, 0.15) is 17.3 Å². The van der Waals surface area contributed by atoms with Gasteiger partial charge in [0.15, 0.2) is 0 Å². The van der Waals surface area contributed by atoms with Crippen LogP contribution in [0, 0.1) is 0 Å². The Morgan fingerprint density at radius 2 is 2.16 bits per heavy atom. The zero-order valence-corrected chi connectivity index (χ0v) is 12.3. The molecule has 0 aliphatic heterocycles. The normalized spacial score (nSPS) is 10.1. The van der Waals surface area contributed by atoms with Gasteiger partial charge in [-0.05, 0) is 25.1 Å². The van der Waals surface area contributed by atoms with Crippen LogP contribution in [0.3, 0.4) is 0 Å². The van der Waals surface area contributed by atoms with Crippen molar-refractivity contribution >= 4 is 27.7 Å². The summed E-state index contributed by atoms with van der Waals surface area (Å²) in [4.78, 5) is 25.1. The van der Waals surface area contributed by atoms with E-state index in [1.165, 1.54) is 4.90 Å². The highest BCUT2D eigenvalue weighted by Crippen LogP contribution is 2.11. The van der Waals surface area contributed by atoms with Gasteiger partial charge in [-0.15, -0.1) is 0 Å². The van der Waals surface area contributed by atoms with Crippen LogP contribution in [0.25, 0.3) is 0 Å². The fourth-order valence-corrected chi connectivity index (χ4v) is 1.98. The van der Waals surface area contributed by atoms with E-state index in [4.69, 9.17) is 5.11 Å². The first-order chi connectivity index (χ1) is 9.08. The van der Waals surface area contributed by atoms with Gasteiger partial charge < -0.3 is 15.3 Å². The molecule has 5 nitrogen and oxygen atoms in total. The van der Waals surface area contributed by atoms with E-state index in [2.05, 4.69) is 21.2 Å². The molecule has 6 heteroatoms. The number of nitrogens with one attached hydrogen (secondary N) is 1. The van der Waals surface area contributed by atoms with Crippen molar-refractivity contribution in [1.82, 2.24) is 10.2 Å². The summed E-state index contributed by atoms with van der Waals surface area (Å²) in [5.41, 5.74) is 0.493. The van der Waals surface area contributed by atoms with Gasteiger partial charge in [-0.2, -0.15) is 0 Å². The van der Waals surface area contributed by atoms with Gasteiger partial charge in [0.25, 0.3) is 5.91 Å². The highest BCUT2D eigenvalue weighted by molar-refractivity contribution is 9.10. The van der Waals surface area contributed by atoms with Crippen LogP contribution in [-0.2, 0) is 4.79 Å². The number of benzene rings is 1. The van der Waals surface area contributed by atoms with Gasteiger partial charge in [0.05, 0.1) is 13.2 Å². The average molecular weight is 329 g/mol. The molecular weight excluding hydrogens is 312 g/mol. The van der Waals surface area contributed by atoms with Crippen molar-refractivity contribution in [2.75, 3.05) is 26.2 Å². The lowest BCUT2D eigenvalue weighted by Gasteiger charge is -2.19. The van der Waals surface area contributed by atoms with Gasteiger partial charge in [-0.3, -0.25) is 9.59 Å². The SMILES string of the molecule is CCN(CCO)C(=O)CNC(=O)c1cccc(Br)c1. The number of nitrogens with zero attached hydrogens (tertiary/aromatic N) is 1. The van der Waals surface area contributed by atoms with Gasteiger partial charge in [-0.25, -0.2) is 0 Å². The summed E-state index contributed by atoms with van der Waals surface area (Å²) in [6, 6.07) is 6.94. The molecule has 0 saturated carbocycles. The van der Waals surface area contributed by atoms with E-state index >= 15 is 0 Å². The maximum absolute atomic E-state index is 11.8. The second-order valence-electron chi connectivity index (χ2n) is 3.89. The van der Waals surface area contributed by atoms with Crippen molar-refractivity contribution in [2.45, 2.75) is 6.92 Å². The minimum atomic E-state index is -0.297. The van der Waals surface area contributed by atoms with Crippen molar-refractivity contribution in [1.29, 1.82) is 0 Å². The van der Waals surface area contributed by atoms with Gasteiger partial charge in [0, 0.05) is 23.1 Å². The molecule has 0 fully saturated rings. The third-order valence-electron chi connectivity index (χ3n) is 2.59. The molecule has 0 heterocycles. The molecule has 1 aromatic carbocycles. The van der Waals surface area contributed by atoms with Crippen LogP contribution >= 0.6 is 15.9 Å². The number of rotatable bonds is 6. The summed E-state index contributed by atoms with van der Waals surface area (Å²) in [6.07, 6.45) is 0. The summed E-state index contributed by atoms with van der Waals surface area (Å²) in [7, 11) is 0. The lowest BCUT2D eigenvalue weighted by molar-refractivity contribution is -0.130. The number of carbonyl (C=O) groups is 2. The van der Waals surface area contributed by atoms with E-state index in [-0.39, 0.29) is 31.5 Å².